The third-order valence-corrected chi connectivity index (χ3v) is 5.33. The molecule has 0 aromatic heterocycles. The number of rotatable bonds is 4. The first kappa shape index (κ1) is 15.2. The van der Waals surface area contributed by atoms with E-state index in [4.69, 9.17) is 11.6 Å². The second kappa shape index (κ2) is 6.58. The van der Waals surface area contributed by atoms with Crippen LogP contribution in [0.2, 0.25) is 5.02 Å². The quantitative estimate of drug-likeness (QED) is 0.878. The Morgan fingerprint density at radius 2 is 1.95 bits per heavy atom. The van der Waals surface area contributed by atoms with Gasteiger partial charge in [0.1, 0.15) is 0 Å². The van der Waals surface area contributed by atoms with Crippen molar-refractivity contribution < 1.29 is 0 Å². The number of anilines is 1. The molecule has 21 heavy (non-hydrogen) atoms. The topological polar surface area (TPSA) is 15.3 Å². The van der Waals surface area contributed by atoms with E-state index in [0.29, 0.717) is 18.1 Å². The molecule has 0 aliphatic carbocycles. The number of piperidine rings is 2. The molecule has 0 spiro atoms. The van der Waals surface area contributed by atoms with Crippen molar-refractivity contribution in [1.29, 1.82) is 0 Å². The Balaban J connectivity index is 1.80. The van der Waals surface area contributed by atoms with E-state index < -0.39 is 0 Å². The van der Waals surface area contributed by atoms with E-state index in [0.717, 1.165) is 11.6 Å². The molecule has 0 radical (unpaired) electrons. The summed E-state index contributed by atoms with van der Waals surface area (Å²) in [6, 6.07) is 8.49. The van der Waals surface area contributed by atoms with Crippen molar-refractivity contribution in [2.75, 3.05) is 11.4 Å². The van der Waals surface area contributed by atoms with Gasteiger partial charge in [-0.25, -0.2) is 0 Å². The number of benzene rings is 1. The minimum Gasteiger partial charge on any atom is -0.365 e. The highest BCUT2D eigenvalue weighted by molar-refractivity contribution is 6.30. The van der Waals surface area contributed by atoms with Gasteiger partial charge in [0.25, 0.3) is 0 Å². The molecule has 2 atom stereocenters. The standard InChI is InChI=1S/C18H27ClN2/c1-3-9-20-15-11-16-5-4-6-17(12-15)21(16)18-8-7-14(19)10-13(18)2/h7-8,10,15-17,20H,3-6,9,11-12H2,1-2H3. The molecular weight excluding hydrogens is 280 g/mol. The third-order valence-electron chi connectivity index (χ3n) is 5.09. The smallest absolute Gasteiger partial charge is 0.0410 e. The SMILES string of the molecule is CCCNC1CC2CCCC(C1)N2c1ccc(Cl)cc1C. The van der Waals surface area contributed by atoms with Crippen LogP contribution in [0.4, 0.5) is 5.69 Å². The van der Waals surface area contributed by atoms with Crippen molar-refractivity contribution in [3.63, 3.8) is 0 Å². The first-order valence-corrected chi connectivity index (χ1v) is 8.84. The lowest BCUT2D eigenvalue weighted by atomic mass is 9.81. The summed E-state index contributed by atoms with van der Waals surface area (Å²) in [5, 5.41) is 4.60. The van der Waals surface area contributed by atoms with E-state index in [-0.39, 0.29) is 0 Å². The van der Waals surface area contributed by atoms with Gasteiger partial charge in [0, 0.05) is 28.8 Å². The lowest BCUT2D eigenvalue weighted by Gasteiger charge is -2.51. The maximum Gasteiger partial charge on any atom is 0.0410 e. The second-order valence-corrected chi connectivity index (χ2v) is 7.14. The molecule has 2 nitrogen and oxygen atoms in total. The number of fused-ring (bicyclic) bond motifs is 2. The number of nitrogens with one attached hydrogen (secondary N) is 1. The summed E-state index contributed by atoms with van der Waals surface area (Å²) in [6.45, 7) is 5.60. The highest BCUT2D eigenvalue weighted by Crippen LogP contribution is 2.39. The van der Waals surface area contributed by atoms with Gasteiger partial charge in [-0.05, 0) is 75.8 Å². The predicted octanol–water partition coefficient (Wildman–Crippen LogP) is 4.54. The Morgan fingerprint density at radius 1 is 1.24 bits per heavy atom. The van der Waals surface area contributed by atoms with Crippen LogP contribution in [0.5, 0.6) is 0 Å². The Kier molecular flexibility index (Phi) is 4.75. The first-order valence-electron chi connectivity index (χ1n) is 8.47. The summed E-state index contributed by atoms with van der Waals surface area (Å²) in [7, 11) is 0. The van der Waals surface area contributed by atoms with Gasteiger partial charge >= 0.3 is 0 Å². The molecule has 2 fully saturated rings. The number of hydrogen-bond acceptors (Lipinski definition) is 2. The fourth-order valence-corrected chi connectivity index (χ4v) is 4.43. The minimum absolute atomic E-state index is 0.701. The summed E-state index contributed by atoms with van der Waals surface area (Å²) < 4.78 is 0. The van der Waals surface area contributed by atoms with Gasteiger partial charge in [-0.2, -0.15) is 0 Å². The van der Waals surface area contributed by atoms with Gasteiger partial charge in [-0.15, -0.1) is 0 Å². The molecule has 3 heteroatoms. The second-order valence-electron chi connectivity index (χ2n) is 6.70. The molecule has 1 N–H and O–H groups in total. The predicted molar refractivity (Wildman–Crippen MR) is 91.4 cm³/mol. The van der Waals surface area contributed by atoms with Crippen molar-refractivity contribution in [2.24, 2.45) is 0 Å². The van der Waals surface area contributed by atoms with Gasteiger partial charge in [0.2, 0.25) is 0 Å². The molecule has 2 bridgehead atoms. The number of halogens is 1. The van der Waals surface area contributed by atoms with Crippen molar-refractivity contribution in [3.05, 3.63) is 28.8 Å². The maximum atomic E-state index is 6.13. The van der Waals surface area contributed by atoms with Gasteiger partial charge < -0.3 is 10.2 Å². The van der Waals surface area contributed by atoms with Gasteiger partial charge in [0.05, 0.1) is 0 Å². The molecule has 0 amide bonds. The first-order chi connectivity index (χ1) is 10.2. The monoisotopic (exact) mass is 306 g/mol. The van der Waals surface area contributed by atoms with E-state index in [1.54, 1.807) is 0 Å². The van der Waals surface area contributed by atoms with Crippen molar-refractivity contribution in [1.82, 2.24) is 5.32 Å². The number of hydrogen-bond donors (Lipinski definition) is 1. The summed E-state index contributed by atoms with van der Waals surface area (Å²) in [4.78, 5) is 2.71. The molecule has 2 saturated heterocycles. The van der Waals surface area contributed by atoms with Crippen LogP contribution in [0, 0.1) is 6.92 Å². The molecule has 3 rings (SSSR count). The van der Waals surface area contributed by atoms with Gasteiger partial charge in [-0.1, -0.05) is 18.5 Å². The molecular formula is C18H27ClN2. The van der Waals surface area contributed by atoms with Crippen molar-refractivity contribution in [2.45, 2.75) is 70.5 Å². The molecule has 2 heterocycles. The summed E-state index contributed by atoms with van der Waals surface area (Å²) in [5.41, 5.74) is 2.72. The molecule has 0 saturated carbocycles. The van der Waals surface area contributed by atoms with E-state index >= 15 is 0 Å². The number of nitrogens with zero attached hydrogens (tertiary/aromatic N) is 1. The Hall–Kier alpha value is -0.730. The van der Waals surface area contributed by atoms with E-state index in [9.17, 15) is 0 Å². The zero-order valence-electron chi connectivity index (χ0n) is 13.2. The van der Waals surface area contributed by atoms with Crippen LogP contribution >= 0.6 is 11.6 Å². The van der Waals surface area contributed by atoms with Crippen molar-refractivity contribution >= 4 is 17.3 Å². The molecule has 116 valence electrons. The summed E-state index contributed by atoms with van der Waals surface area (Å²) >= 11 is 6.13. The molecule has 2 aliphatic rings. The average molecular weight is 307 g/mol. The number of aryl methyl sites for hydroxylation is 1. The van der Waals surface area contributed by atoms with Crippen LogP contribution in [0.1, 0.15) is 51.0 Å². The van der Waals surface area contributed by atoms with Gasteiger partial charge in [0.15, 0.2) is 0 Å². The average Bonchev–Trinajstić information content (AvgIpc) is 2.44. The van der Waals surface area contributed by atoms with Crippen LogP contribution < -0.4 is 10.2 Å². The molecule has 1 aromatic rings. The van der Waals surface area contributed by atoms with Gasteiger partial charge in [-0.3, -0.25) is 0 Å². The third kappa shape index (κ3) is 3.22. The highest BCUT2D eigenvalue weighted by atomic mass is 35.5. The van der Waals surface area contributed by atoms with Crippen molar-refractivity contribution in [3.8, 4) is 0 Å². The van der Waals surface area contributed by atoms with E-state index in [1.807, 2.05) is 6.07 Å². The fourth-order valence-electron chi connectivity index (χ4n) is 4.20. The Bertz CT molecular complexity index is 474. The fraction of sp³-hybridized carbons (Fsp3) is 0.667. The van der Waals surface area contributed by atoms with E-state index in [1.165, 1.54) is 49.8 Å². The molecule has 2 unspecified atom stereocenters. The molecule has 2 aliphatic heterocycles. The largest absolute Gasteiger partial charge is 0.365 e. The van der Waals surface area contributed by atoms with Crippen LogP contribution in [0.3, 0.4) is 0 Å². The Labute approximate surface area is 133 Å². The van der Waals surface area contributed by atoms with E-state index in [2.05, 4.69) is 36.2 Å². The summed E-state index contributed by atoms with van der Waals surface area (Å²) in [5.74, 6) is 0. The summed E-state index contributed by atoms with van der Waals surface area (Å²) in [6.07, 6.45) is 7.87. The normalized spacial score (nSPS) is 28.7. The van der Waals surface area contributed by atoms with Crippen LogP contribution in [-0.2, 0) is 0 Å². The van der Waals surface area contributed by atoms with Crippen LogP contribution in [0.25, 0.3) is 0 Å². The zero-order valence-corrected chi connectivity index (χ0v) is 14.0. The minimum atomic E-state index is 0.701. The van der Waals surface area contributed by atoms with Crippen LogP contribution in [-0.4, -0.2) is 24.7 Å². The molecule has 1 aromatic carbocycles. The van der Waals surface area contributed by atoms with Crippen LogP contribution in [0.15, 0.2) is 18.2 Å². The Morgan fingerprint density at radius 3 is 2.57 bits per heavy atom. The maximum absolute atomic E-state index is 6.13. The highest BCUT2D eigenvalue weighted by Gasteiger charge is 2.38. The zero-order chi connectivity index (χ0) is 14.8. The lowest BCUT2D eigenvalue weighted by molar-refractivity contribution is 0.245. The lowest BCUT2D eigenvalue weighted by Crippen LogP contribution is -2.56.